The fourth-order valence-electron chi connectivity index (χ4n) is 2.24. The minimum atomic E-state index is -0.349. The quantitative estimate of drug-likeness (QED) is 0.594. The lowest BCUT2D eigenvalue weighted by molar-refractivity contribution is 0.0948. The van der Waals surface area contributed by atoms with Gasteiger partial charge in [-0.1, -0.05) is 0 Å². The molecule has 26 heavy (non-hydrogen) atoms. The second kappa shape index (κ2) is 7.55. The second-order valence-electron chi connectivity index (χ2n) is 5.47. The van der Waals surface area contributed by atoms with Crippen molar-refractivity contribution in [3.63, 3.8) is 0 Å². The number of aryl methyl sites for hydroxylation is 2. The van der Waals surface area contributed by atoms with Crippen molar-refractivity contribution in [2.75, 3.05) is 18.4 Å². The lowest BCUT2D eigenvalue weighted by Crippen LogP contribution is -2.31. The summed E-state index contributed by atoms with van der Waals surface area (Å²) in [6.45, 7) is 2.63. The Labute approximate surface area is 148 Å². The zero-order valence-corrected chi connectivity index (χ0v) is 14.4. The average Bonchev–Trinajstić information content (AvgIpc) is 3.15. The van der Waals surface area contributed by atoms with Crippen LogP contribution in [0, 0.1) is 6.92 Å². The molecular formula is C16H18N8O2. The molecule has 0 aliphatic rings. The third-order valence-electron chi connectivity index (χ3n) is 3.47. The first-order chi connectivity index (χ1) is 12.5. The number of nitrogens with one attached hydrogen (secondary N) is 2. The van der Waals surface area contributed by atoms with Gasteiger partial charge in [0.05, 0.1) is 0 Å². The lowest BCUT2D eigenvalue weighted by atomic mass is 10.3. The molecule has 3 heterocycles. The molecule has 0 spiro atoms. The van der Waals surface area contributed by atoms with Gasteiger partial charge in [-0.2, -0.15) is 10.2 Å². The van der Waals surface area contributed by atoms with Crippen molar-refractivity contribution in [2.45, 2.75) is 6.92 Å². The van der Waals surface area contributed by atoms with Crippen LogP contribution in [0.25, 0.3) is 5.82 Å². The summed E-state index contributed by atoms with van der Waals surface area (Å²) < 4.78 is 2.76. The Morgan fingerprint density at radius 1 is 1.23 bits per heavy atom. The Bertz CT molecular complexity index is 965. The van der Waals surface area contributed by atoms with Gasteiger partial charge in [-0.05, 0) is 19.1 Å². The van der Waals surface area contributed by atoms with E-state index in [1.807, 2.05) is 6.07 Å². The van der Waals surface area contributed by atoms with Gasteiger partial charge in [-0.3, -0.25) is 9.59 Å². The summed E-state index contributed by atoms with van der Waals surface area (Å²) >= 11 is 0. The lowest BCUT2D eigenvalue weighted by Gasteiger charge is -2.09. The van der Waals surface area contributed by atoms with Gasteiger partial charge < -0.3 is 10.6 Å². The maximum Gasteiger partial charge on any atom is 0.271 e. The van der Waals surface area contributed by atoms with Crippen LogP contribution in [0.4, 0.5) is 5.82 Å². The molecule has 0 unspecified atom stereocenters. The van der Waals surface area contributed by atoms with Crippen molar-refractivity contribution in [1.82, 2.24) is 34.8 Å². The van der Waals surface area contributed by atoms with Gasteiger partial charge in [0.2, 0.25) is 0 Å². The third kappa shape index (κ3) is 4.09. The smallest absolute Gasteiger partial charge is 0.271 e. The summed E-state index contributed by atoms with van der Waals surface area (Å²) in [7, 11) is 1.50. The SMILES string of the molecule is Cc1nc(NCCNC(=O)c2ccc(=O)n(C)n2)cc(-n2cccn2)n1. The molecule has 134 valence electrons. The highest BCUT2D eigenvalue weighted by atomic mass is 16.2. The van der Waals surface area contributed by atoms with Gasteiger partial charge in [0.1, 0.15) is 17.3 Å². The van der Waals surface area contributed by atoms with Crippen molar-refractivity contribution >= 4 is 11.7 Å². The minimum absolute atomic E-state index is 0.186. The molecule has 0 aromatic carbocycles. The Balaban J connectivity index is 1.56. The van der Waals surface area contributed by atoms with Crippen LogP contribution in [-0.2, 0) is 7.05 Å². The predicted molar refractivity (Wildman–Crippen MR) is 94.2 cm³/mol. The number of hydrogen-bond donors (Lipinski definition) is 2. The summed E-state index contributed by atoms with van der Waals surface area (Å²) in [5, 5.41) is 13.9. The third-order valence-corrected chi connectivity index (χ3v) is 3.47. The first-order valence-corrected chi connectivity index (χ1v) is 7.95. The summed E-state index contributed by atoms with van der Waals surface area (Å²) in [4.78, 5) is 32.0. The molecule has 0 bridgehead atoms. The van der Waals surface area contributed by atoms with E-state index >= 15 is 0 Å². The van der Waals surface area contributed by atoms with Gasteiger partial charge in [0, 0.05) is 44.7 Å². The van der Waals surface area contributed by atoms with Crippen molar-refractivity contribution in [3.8, 4) is 5.82 Å². The van der Waals surface area contributed by atoms with Crippen LogP contribution >= 0.6 is 0 Å². The molecule has 0 aliphatic carbocycles. The minimum Gasteiger partial charge on any atom is -0.368 e. The van der Waals surface area contributed by atoms with E-state index in [4.69, 9.17) is 0 Å². The summed E-state index contributed by atoms with van der Waals surface area (Å²) in [5.41, 5.74) is -0.0821. The van der Waals surface area contributed by atoms with Crippen molar-refractivity contribution in [3.05, 3.63) is 58.5 Å². The zero-order valence-electron chi connectivity index (χ0n) is 14.4. The highest BCUT2D eigenvalue weighted by molar-refractivity contribution is 5.91. The number of carbonyl (C=O) groups excluding carboxylic acids is 1. The summed E-state index contributed by atoms with van der Waals surface area (Å²) in [5.74, 6) is 1.55. The molecule has 2 N–H and O–H groups in total. The maximum absolute atomic E-state index is 12.0. The molecule has 0 radical (unpaired) electrons. The predicted octanol–water partition coefficient (Wildman–Crippen LogP) is -0.0937. The van der Waals surface area contributed by atoms with Gasteiger partial charge in [-0.25, -0.2) is 19.3 Å². The van der Waals surface area contributed by atoms with Crippen LogP contribution in [0.1, 0.15) is 16.3 Å². The molecule has 1 amide bonds. The Morgan fingerprint density at radius 2 is 2.08 bits per heavy atom. The number of anilines is 1. The van der Waals surface area contributed by atoms with Gasteiger partial charge in [-0.15, -0.1) is 0 Å². The summed E-state index contributed by atoms with van der Waals surface area (Å²) in [6.07, 6.45) is 3.47. The zero-order chi connectivity index (χ0) is 18.5. The van der Waals surface area contributed by atoms with E-state index in [9.17, 15) is 9.59 Å². The van der Waals surface area contributed by atoms with Crippen molar-refractivity contribution in [1.29, 1.82) is 0 Å². The van der Waals surface area contributed by atoms with E-state index < -0.39 is 0 Å². The first-order valence-electron chi connectivity index (χ1n) is 7.95. The molecule has 10 nitrogen and oxygen atoms in total. The largest absolute Gasteiger partial charge is 0.368 e. The molecule has 3 rings (SSSR count). The molecule has 3 aromatic heterocycles. The topological polar surface area (TPSA) is 120 Å². The Hall–Kier alpha value is -3.56. The van der Waals surface area contributed by atoms with Crippen LogP contribution in [0.5, 0.6) is 0 Å². The van der Waals surface area contributed by atoms with E-state index in [0.717, 1.165) is 4.68 Å². The number of nitrogens with zero attached hydrogens (tertiary/aromatic N) is 6. The standard InChI is InChI=1S/C16H18N8O2/c1-11-20-13(10-14(21-11)24-9-3-6-19-24)17-7-8-18-16(26)12-4-5-15(25)23(2)22-12/h3-6,9-10H,7-8H2,1-2H3,(H,18,26)(H,17,20,21). The van der Waals surface area contributed by atoms with Crippen LogP contribution in [0.2, 0.25) is 0 Å². The summed E-state index contributed by atoms with van der Waals surface area (Å²) in [6, 6.07) is 6.29. The molecule has 0 fully saturated rings. The molecule has 0 saturated carbocycles. The Morgan fingerprint density at radius 3 is 2.81 bits per heavy atom. The van der Waals surface area contributed by atoms with Crippen LogP contribution < -0.4 is 16.2 Å². The van der Waals surface area contributed by atoms with Crippen LogP contribution in [-0.4, -0.2) is 48.5 Å². The number of hydrogen-bond acceptors (Lipinski definition) is 7. The van der Waals surface area contributed by atoms with E-state index in [1.54, 1.807) is 30.1 Å². The highest BCUT2D eigenvalue weighted by Crippen LogP contribution is 2.09. The number of aromatic nitrogens is 6. The number of rotatable bonds is 6. The van der Waals surface area contributed by atoms with Crippen molar-refractivity contribution < 1.29 is 4.79 Å². The number of carbonyl (C=O) groups is 1. The normalized spacial score (nSPS) is 10.5. The first kappa shape index (κ1) is 17.3. The van der Waals surface area contributed by atoms with E-state index in [2.05, 4.69) is 30.8 Å². The monoisotopic (exact) mass is 354 g/mol. The molecule has 0 saturated heterocycles. The fourth-order valence-corrected chi connectivity index (χ4v) is 2.24. The van der Waals surface area contributed by atoms with Crippen LogP contribution in [0.15, 0.2) is 41.5 Å². The highest BCUT2D eigenvalue weighted by Gasteiger charge is 2.08. The molecule has 3 aromatic rings. The molecular weight excluding hydrogens is 336 g/mol. The molecule has 10 heteroatoms. The van der Waals surface area contributed by atoms with Crippen molar-refractivity contribution in [2.24, 2.45) is 7.05 Å². The fraction of sp³-hybridized carbons (Fsp3) is 0.250. The van der Waals surface area contributed by atoms with Gasteiger partial charge in [0.15, 0.2) is 5.82 Å². The second-order valence-corrected chi connectivity index (χ2v) is 5.47. The maximum atomic E-state index is 12.0. The van der Waals surface area contributed by atoms with Crippen LogP contribution in [0.3, 0.4) is 0 Å². The van der Waals surface area contributed by atoms with Gasteiger partial charge >= 0.3 is 0 Å². The van der Waals surface area contributed by atoms with E-state index in [-0.39, 0.29) is 17.2 Å². The molecule has 0 atom stereocenters. The average molecular weight is 354 g/mol. The number of amides is 1. The van der Waals surface area contributed by atoms with E-state index in [0.29, 0.717) is 30.5 Å². The van der Waals surface area contributed by atoms with E-state index in [1.165, 1.54) is 19.2 Å². The molecule has 0 aliphatic heterocycles. The van der Waals surface area contributed by atoms with Gasteiger partial charge in [0.25, 0.3) is 11.5 Å². The Kier molecular flexibility index (Phi) is 5.02.